The molecule has 1 aromatic heterocycles. The largest absolute Gasteiger partial charge is 0.313 e. The summed E-state index contributed by atoms with van der Waals surface area (Å²) in [5.74, 6) is 0. The zero-order valence-corrected chi connectivity index (χ0v) is 13.6. The highest BCUT2D eigenvalue weighted by Crippen LogP contribution is 2.02. The molecule has 0 aliphatic rings. The van der Waals surface area contributed by atoms with Crippen LogP contribution in [0.3, 0.4) is 0 Å². The van der Waals surface area contributed by atoms with Crippen LogP contribution in [0.2, 0.25) is 0 Å². The van der Waals surface area contributed by atoms with Crippen LogP contribution in [0.1, 0.15) is 65.2 Å². The van der Waals surface area contributed by atoms with E-state index in [1.165, 1.54) is 68.4 Å². The third-order valence-electron chi connectivity index (χ3n) is 3.21. The Hall–Kier alpha value is -0.150. The first-order valence-electron chi connectivity index (χ1n) is 7.48. The second-order valence-corrected chi connectivity index (χ2v) is 6.93. The molecule has 104 valence electrons. The zero-order valence-electron chi connectivity index (χ0n) is 12.0. The summed E-state index contributed by atoms with van der Waals surface area (Å²) < 4.78 is 4.11. The first-order valence-corrected chi connectivity index (χ1v) is 9.24. The molecule has 0 saturated carbocycles. The molecule has 0 aliphatic carbocycles. The van der Waals surface area contributed by atoms with Gasteiger partial charge >= 0.3 is 3.98 Å². The van der Waals surface area contributed by atoms with E-state index >= 15 is 0 Å². The molecule has 1 aromatic rings. The Bertz CT molecular complexity index is 321. The van der Waals surface area contributed by atoms with Gasteiger partial charge < -0.3 is 0 Å². The quantitative estimate of drug-likeness (QED) is 0.431. The van der Waals surface area contributed by atoms with Gasteiger partial charge in [-0.2, -0.15) is 0 Å². The van der Waals surface area contributed by atoms with Gasteiger partial charge in [-0.15, -0.1) is 0 Å². The van der Waals surface area contributed by atoms with Crippen molar-refractivity contribution in [2.75, 3.05) is 13.1 Å². The lowest BCUT2D eigenvalue weighted by atomic mass is 10.2. The smallest absolute Gasteiger partial charge is 0.212 e. The lowest BCUT2D eigenvalue weighted by Crippen LogP contribution is -2.28. The molecule has 1 heterocycles. The van der Waals surface area contributed by atoms with Crippen LogP contribution in [0, 0.1) is 0 Å². The van der Waals surface area contributed by atoms with Gasteiger partial charge in [0.1, 0.15) is 13.1 Å². The molecule has 0 atom stereocenters. The van der Waals surface area contributed by atoms with Gasteiger partial charge in [0.05, 0.1) is 0 Å². The van der Waals surface area contributed by atoms with Crippen LogP contribution in [-0.2, 0) is 0 Å². The van der Waals surface area contributed by atoms with E-state index < -0.39 is 0 Å². The third-order valence-corrected chi connectivity index (χ3v) is 5.43. The first kappa shape index (κ1) is 15.9. The van der Waals surface area contributed by atoms with Gasteiger partial charge in [0.2, 0.25) is 0 Å². The Labute approximate surface area is 120 Å². The van der Waals surface area contributed by atoms with Gasteiger partial charge in [-0.1, -0.05) is 62.2 Å². The Morgan fingerprint density at radius 3 is 1.72 bits per heavy atom. The molecular weight excluding hydrogens is 258 g/mol. The molecule has 0 bridgehead atoms. The summed E-state index contributed by atoms with van der Waals surface area (Å²) in [5.41, 5.74) is 0. The highest BCUT2D eigenvalue weighted by Gasteiger charge is 2.06. The predicted octanol–water partition coefficient (Wildman–Crippen LogP) is 4.74. The SMILES string of the molecule is CCCCCC[N+](CCCCCC)=c1sccs1. The molecule has 0 amide bonds. The first-order chi connectivity index (χ1) is 8.88. The van der Waals surface area contributed by atoms with Crippen LogP contribution in [0.5, 0.6) is 0 Å². The summed E-state index contributed by atoms with van der Waals surface area (Å²) in [5, 5.41) is 4.43. The molecule has 0 radical (unpaired) electrons. The summed E-state index contributed by atoms with van der Waals surface area (Å²) >= 11 is 3.81. The zero-order chi connectivity index (χ0) is 13.1. The maximum atomic E-state index is 2.61. The number of unbranched alkanes of at least 4 members (excludes halogenated alkanes) is 6. The Balaban J connectivity index is 2.42. The van der Waals surface area contributed by atoms with Gasteiger partial charge in [0.15, 0.2) is 0 Å². The summed E-state index contributed by atoms with van der Waals surface area (Å²) in [6, 6.07) is 0. The van der Waals surface area contributed by atoms with Crippen molar-refractivity contribution >= 4 is 22.7 Å². The van der Waals surface area contributed by atoms with Gasteiger partial charge in [-0.05, 0) is 12.8 Å². The fraction of sp³-hybridized carbons (Fsp3) is 0.800. The fourth-order valence-electron chi connectivity index (χ4n) is 2.10. The van der Waals surface area contributed by atoms with E-state index in [4.69, 9.17) is 0 Å². The van der Waals surface area contributed by atoms with Crippen molar-refractivity contribution < 1.29 is 0 Å². The standard InChI is InChI=1S/C15H28NS2/c1-3-5-7-9-11-16(12-10-8-6-4-2)15-17-13-14-18-15/h13-14H,3-12H2,1-2H3/q+1. The summed E-state index contributed by atoms with van der Waals surface area (Å²) in [6.45, 7) is 7.07. The number of rotatable bonds is 10. The van der Waals surface area contributed by atoms with Crippen LogP contribution in [0.15, 0.2) is 10.8 Å². The molecule has 0 aliphatic heterocycles. The maximum Gasteiger partial charge on any atom is 0.313 e. The van der Waals surface area contributed by atoms with E-state index in [2.05, 4.69) is 29.2 Å². The maximum absolute atomic E-state index is 2.61. The lowest BCUT2D eigenvalue weighted by molar-refractivity contribution is 0.507. The Morgan fingerprint density at radius 2 is 1.28 bits per heavy atom. The van der Waals surface area contributed by atoms with Gasteiger partial charge in [0, 0.05) is 23.6 Å². The van der Waals surface area contributed by atoms with Crippen LogP contribution in [0.4, 0.5) is 0 Å². The lowest BCUT2D eigenvalue weighted by Gasteiger charge is -2.02. The van der Waals surface area contributed by atoms with E-state index in [1.807, 2.05) is 22.7 Å². The van der Waals surface area contributed by atoms with Crippen LogP contribution in [-0.4, -0.2) is 13.1 Å². The van der Waals surface area contributed by atoms with Crippen LogP contribution >= 0.6 is 22.7 Å². The molecule has 0 N–H and O–H groups in total. The monoisotopic (exact) mass is 286 g/mol. The fourth-order valence-corrected chi connectivity index (χ4v) is 4.00. The minimum atomic E-state index is 1.25. The highest BCUT2D eigenvalue weighted by molar-refractivity contribution is 7.24. The number of hydrogen-bond acceptors (Lipinski definition) is 2. The predicted molar refractivity (Wildman–Crippen MR) is 85.5 cm³/mol. The van der Waals surface area contributed by atoms with Crippen molar-refractivity contribution in [3.05, 3.63) is 14.7 Å². The van der Waals surface area contributed by atoms with Gasteiger partial charge in [0.25, 0.3) is 0 Å². The second kappa shape index (κ2) is 10.7. The molecule has 1 nitrogen and oxygen atoms in total. The average Bonchev–Trinajstić information content (AvgIpc) is 2.91. The molecule has 3 heteroatoms. The average molecular weight is 287 g/mol. The van der Waals surface area contributed by atoms with E-state index in [1.54, 1.807) is 0 Å². The summed E-state index contributed by atoms with van der Waals surface area (Å²) in [6.07, 6.45) is 10.9. The van der Waals surface area contributed by atoms with Crippen molar-refractivity contribution in [2.45, 2.75) is 65.2 Å². The van der Waals surface area contributed by atoms with Crippen LogP contribution in [0.25, 0.3) is 0 Å². The normalized spacial score (nSPS) is 10.8. The number of nitrogens with zero attached hydrogens (tertiary/aromatic N) is 1. The minimum Gasteiger partial charge on any atom is -0.212 e. The van der Waals surface area contributed by atoms with Crippen molar-refractivity contribution in [2.24, 2.45) is 0 Å². The van der Waals surface area contributed by atoms with E-state index in [9.17, 15) is 0 Å². The van der Waals surface area contributed by atoms with Crippen molar-refractivity contribution in [1.82, 2.24) is 4.58 Å². The summed E-state index contributed by atoms with van der Waals surface area (Å²) in [4.78, 5) is 0. The molecule has 0 fully saturated rings. The molecular formula is C15H28NS2+. The molecule has 0 saturated heterocycles. The van der Waals surface area contributed by atoms with Crippen LogP contribution < -0.4 is 8.56 Å². The molecule has 18 heavy (non-hydrogen) atoms. The van der Waals surface area contributed by atoms with Gasteiger partial charge in [-0.25, -0.2) is 4.58 Å². The third kappa shape index (κ3) is 6.69. The molecule has 1 rings (SSSR count). The highest BCUT2D eigenvalue weighted by atomic mass is 32.2. The van der Waals surface area contributed by atoms with Crippen molar-refractivity contribution in [3.63, 3.8) is 0 Å². The molecule has 0 unspecified atom stereocenters. The van der Waals surface area contributed by atoms with Crippen molar-refractivity contribution in [3.8, 4) is 0 Å². The Kier molecular flexibility index (Phi) is 9.49. The Morgan fingerprint density at radius 1 is 0.778 bits per heavy atom. The van der Waals surface area contributed by atoms with Crippen molar-refractivity contribution in [1.29, 1.82) is 0 Å². The van der Waals surface area contributed by atoms with Gasteiger partial charge in [-0.3, -0.25) is 0 Å². The second-order valence-electron chi connectivity index (χ2n) is 4.88. The molecule has 0 spiro atoms. The van der Waals surface area contributed by atoms with E-state index in [0.29, 0.717) is 0 Å². The topological polar surface area (TPSA) is 3.01 Å². The molecule has 0 aromatic carbocycles. The van der Waals surface area contributed by atoms with E-state index in [0.717, 1.165) is 0 Å². The summed E-state index contributed by atoms with van der Waals surface area (Å²) in [7, 11) is 0. The minimum absolute atomic E-state index is 1.25. The number of hydrogen-bond donors (Lipinski definition) is 0. The van der Waals surface area contributed by atoms with E-state index in [-0.39, 0.29) is 0 Å².